The van der Waals surface area contributed by atoms with Gasteiger partial charge in [0.05, 0.1) is 11.4 Å². The average Bonchev–Trinajstić information content (AvgIpc) is 2.92. The van der Waals surface area contributed by atoms with Gasteiger partial charge in [-0.25, -0.2) is 0 Å². The monoisotopic (exact) mass is 603 g/mol. The molecule has 4 rings (SSSR count). The van der Waals surface area contributed by atoms with E-state index < -0.39 is 0 Å². The SMILES string of the molecule is CC(/C=C(\[O-])c1ccccc1)=Nc1ccc(Cl)cc1.CC(/C=C(\[O-])c1ccccc1)=Nc1ccc(Cl)cc1.[Cu+2]. The van der Waals surface area contributed by atoms with E-state index in [0.717, 1.165) is 11.4 Å². The fourth-order valence-corrected chi connectivity index (χ4v) is 3.51. The van der Waals surface area contributed by atoms with Gasteiger partial charge in [0.1, 0.15) is 0 Å². The first kappa shape index (κ1) is 31.6. The number of halogens is 2. The van der Waals surface area contributed by atoms with Crippen LogP contribution in [0.3, 0.4) is 0 Å². The van der Waals surface area contributed by atoms with Crippen molar-refractivity contribution in [3.05, 3.63) is 143 Å². The molecule has 0 aliphatic rings. The Hall–Kier alpha value is -3.60. The van der Waals surface area contributed by atoms with E-state index in [-0.39, 0.29) is 28.6 Å². The molecule has 0 N–H and O–H groups in total. The first-order valence-corrected chi connectivity index (χ1v) is 12.6. The van der Waals surface area contributed by atoms with Crippen LogP contribution in [0.5, 0.6) is 0 Å². The number of allylic oxidation sites excluding steroid dienone is 2. The summed E-state index contributed by atoms with van der Waals surface area (Å²) in [6, 6.07) is 32.6. The van der Waals surface area contributed by atoms with Crippen LogP contribution < -0.4 is 10.2 Å². The molecule has 0 aliphatic carbocycles. The minimum Gasteiger partial charge on any atom is -0.872 e. The second-order valence-corrected chi connectivity index (χ2v) is 9.08. The Morgan fingerprint density at radius 2 is 0.846 bits per heavy atom. The molecule has 4 nitrogen and oxygen atoms in total. The first-order valence-electron chi connectivity index (χ1n) is 11.8. The first-order chi connectivity index (χ1) is 18.3. The van der Waals surface area contributed by atoms with E-state index in [0.29, 0.717) is 32.6 Å². The quantitative estimate of drug-likeness (QED) is 0.129. The smallest absolute Gasteiger partial charge is 0.872 e. The number of rotatable bonds is 6. The molecule has 0 bridgehead atoms. The Bertz CT molecular complexity index is 1320. The second-order valence-electron chi connectivity index (χ2n) is 8.21. The molecule has 1 radical (unpaired) electrons. The Morgan fingerprint density at radius 3 is 1.15 bits per heavy atom. The van der Waals surface area contributed by atoms with E-state index in [1.54, 1.807) is 62.4 Å². The van der Waals surface area contributed by atoms with Gasteiger partial charge >= 0.3 is 17.1 Å². The number of hydrogen-bond acceptors (Lipinski definition) is 4. The molecular formula is C32H26Cl2CuN2O2. The van der Waals surface area contributed by atoms with Crippen LogP contribution in [0.2, 0.25) is 10.0 Å². The van der Waals surface area contributed by atoms with Crippen molar-refractivity contribution in [1.82, 2.24) is 0 Å². The molecule has 0 aliphatic heterocycles. The van der Waals surface area contributed by atoms with Crippen molar-refractivity contribution in [2.45, 2.75) is 13.8 Å². The maximum Gasteiger partial charge on any atom is 2.00 e. The predicted molar refractivity (Wildman–Crippen MR) is 157 cm³/mol. The maximum absolute atomic E-state index is 11.9. The summed E-state index contributed by atoms with van der Waals surface area (Å²) in [5.74, 6) is -0.0911. The standard InChI is InChI=1S/2C16H14ClNO.Cu/c2*1-12(18-15-9-7-14(17)8-10-15)11-16(19)13-5-3-2-4-6-13;/h2*2-11,19H,1H3;/q;;+2/p-2/b2*16-11-,18-12?;. The van der Waals surface area contributed by atoms with E-state index in [2.05, 4.69) is 9.98 Å². The molecule has 0 spiro atoms. The van der Waals surface area contributed by atoms with Crippen LogP contribution in [0.1, 0.15) is 25.0 Å². The molecule has 0 aromatic heterocycles. The second kappa shape index (κ2) is 16.4. The average molecular weight is 605 g/mol. The molecule has 4 aromatic rings. The fourth-order valence-electron chi connectivity index (χ4n) is 3.25. The van der Waals surface area contributed by atoms with E-state index in [9.17, 15) is 10.2 Å². The van der Waals surface area contributed by atoms with Crippen LogP contribution in [0.4, 0.5) is 11.4 Å². The molecule has 0 saturated carbocycles. The molecule has 4 aromatic carbocycles. The molecule has 201 valence electrons. The third-order valence-corrected chi connectivity index (χ3v) is 5.56. The van der Waals surface area contributed by atoms with Crippen molar-refractivity contribution >= 4 is 57.5 Å². The van der Waals surface area contributed by atoms with Gasteiger partial charge in [0.15, 0.2) is 0 Å². The van der Waals surface area contributed by atoms with E-state index in [1.165, 1.54) is 12.2 Å². The van der Waals surface area contributed by atoms with Crippen molar-refractivity contribution < 1.29 is 27.3 Å². The van der Waals surface area contributed by atoms with Crippen molar-refractivity contribution in [1.29, 1.82) is 0 Å². The zero-order valence-electron chi connectivity index (χ0n) is 21.3. The van der Waals surface area contributed by atoms with Gasteiger partial charge in [0, 0.05) is 21.5 Å². The van der Waals surface area contributed by atoms with Gasteiger partial charge in [0.25, 0.3) is 0 Å². The molecule has 0 heterocycles. The topological polar surface area (TPSA) is 70.8 Å². The largest absolute Gasteiger partial charge is 2.00 e. The van der Waals surface area contributed by atoms with Crippen LogP contribution in [-0.4, -0.2) is 11.4 Å². The van der Waals surface area contributed by atoms with Gasteiger partial charge in [-0.2, -0.15) is 0 Å². The zero-order chi connectivity index (χ0) is 27.3. The summed E-state index contributed by atoms with van der Waals surface area (Å²) in [5.41, 5.74) is 4.20. The molecule has 0 atom stereocenters. The minimum atomic E-state index is -0.0455. The summed E-state index contributed by atoms with van der Waals surface area (Å²) in [4.78, 5) is 8.69. The van der Waals surface area contributed by atoms with E-state index >= 15 is 0 Å². The number of nitrogens with zero attached hydrogens (tertiary/aromatic N) is 2. The predicted octanol–water partition coefficient (Wildman–Crippen LogP) is 7.67. The number of hydrogen-bond donors (Lipinski definition) is 0. The van der Waals surface area contributed by atoms with Crippen molar-refractivity contribution in [2.24, 2.45) is 9.98 Å². The van der Waals surface area contributed by atoms with Gasteiger partial charge in [-0.3, -0.25) is 9.98 Å². The molecule has 0 amide bonds. The zero-order valence-corrected chi connectivity index (χ0v) is 23.8. The minimum absolute atomic E-state index is 0. The summed E-state index contributed by atoms with van der Waals surface area (Å²) in [7, 11) is 0. The van der Waals surface area contributed by atoms with Gasteiger partial charge in [-0.05, 0) is 85.7 Å². The van der Waals surface area contributed by atoms with Gasteiger partial charge in [0.2, 0.25) is 0 Å². The van der Waals surface area contributed by atoms with Crippen molar-refractivity contribution in [2.75, 3.05) is 0 Å². The fraction of sp³-hybridized carbons (Fsp3) is 0.0625. The Labute approximate surface area is 250 Å². The van der Waals surface area contributed by atoms with Crippen LogP contribution >= 0.6 is 23.2 Å². The summed E-state index contributed by atoms with van der Waals surface area (Å²) in [6.07, 6.45) is 3.06. The third kappa shape index (κ3) is 11.4. The third-order valence-electron chi connectivity index (χ3n) is 5.06. The number of benzene rings is 4. The van der Waals surface area contributed by atoms with Crippen LogP contribution in [-0.2, 0) is 17.1 Å². The van der Waals surface area contributed by atoms with E-state index in [4.69, 9.17) is 23.2 Å². The summed E-state index contributed by atoms with van der Waals surface area (Å²) < 4.78 is 0. The van der Waals surface area contributed by atoms with Gasteiger partial charge in [-0.15, -0.1) is 0 Å². The summed E-state index contributed by atoms with van der Waals surface area (Å²) >= 11 is 11.6. The van der Waals surface area contributed by atoms with Crippen molar-refractivity contribution in [3.63, 3.8) is 0 Å². The van der Waals surface area contributed by atoms with Crippen LogP contribution in [0, 0.1) is 0 Å². The molecular weight excluding hydrogens is 579 g/mol. The summed E-state index contributed by atoms with van der Waals surface area (Å²) in [6.45, 7) is 3.60. The van der Waals surface area contributed by atoms with Crippen LogP contribution in [0.25, 0.3) is 11.5 Å². The Balaban J connectivity index is 0.000000267. The molecule has 39 heavy (non-hydrogen) atoms. The Kier molecular flexibility index (Phi) is 13.3. The van der Waals surface area contributed by atoms with Gasteiger partial charge < -0.3 is 10.2 Å². The molecule has 0 unspecified atom stereocenters. The molecule has 0 saturated heterocycles. The molecule has 0 fully saturated rings. The van der Waals surface area contributed by atoms with Crippen molar-refractivity contribution in [3.8, 4) is 0 Å². The maximum atomic E-state index is 11.9. The summed E-state index contributed by atoms with van der Waals surface area (Å²) in [5, 5.41) is 25.2. The number of aliphatic imine (C=N–C) groups is 2. The van der Waals surface area contributed by atoms with E-state index in [1.807, 2.05) is 60.7 Å². The Morgan fingerprint density at radius 1 is 0.538 bits per heavy atom. The normalized spacial score (nSPS) is 12.2. The molecule has 7 heteroatoms. The van der Waals surface area contributed by atoms with Crippen LogP contribution in [0.15, 0.2) is 131 Å². The van der Waals surface area contributed by atoms with Gasteiger partial charge in [-0.1, -0.05) is 95.4 Å².